The fourth-order valence-corrected chi connectivity index (χ4v) is 3.96. The van der Waals surface area contributed by atoms with E-state index in [9.17, 15) is 8.42 Å². The van der Waals surface area contributed by atoms with Crippen LogP contribution in [-0.4, -0.2) is 31.9 Å². The summed E-state index contributed by atoms with van der Waals surface area (Å²) in [5, 5.41) is 0. The second-order valence-corrected chi connectivity index (χ2v) is 7.42. The average molecular weight is 308 g/mol. The van der Waals surface area contributed by atoms with Crippen LogP contribution in [-0.2, 0) is 10.0 Å². The van der Waals surface area contributed by atoms with Crippen LogP contribution in [0.25, 0.3) is 0 Å². The minimum Gasteiger partial charge on any atom is -0.320 e. The van der Waals surface area contributed by atoms with E-state index >= 15 is 0 Å². The Labute approximate surface area is 128 Å². The monoisotopic (exact) mass is 308 g/mol. The molecule has 0 atom stereocenters. The van der Waals surface area contributed by atoms with Crippen molar-refractivity contribution in [3.8, 4) is 11.8 Å². The molecule has 0 heterocycles. The summed E-state index contributed by atoms with van der Waals surface area (Å²) in [6.07, 6.45) is 0. The van der Waals surface area contributed by atoms with E-state index in [1.54, 1.807) is 24.3 Å². The van der Waals surface area contributed by atoms with Gasteiger partial charge in [0.2, 0.25) is 10.0 Å². The lowest BCUT2D eigenvalue weighted by Crippen LogP contribution is -2.39. The lowest BCUT2D eigenvalue weighted by Gasteiger charge is -2.28. The van der Waals surface area contributed by atoms with Crippen molar-refractivity contribution in [3.63, 3.8) is 0 Å². The van der Waals surface area contributed by atoms with Crippen LogP contribution in [0.4, 0.5) is 0 Å². The van der Waals surface area contributed by atoms with Crippen molar-refractivity contribution in [2.24, 2.45) is 11.7 Å². The Hall–Kier alpha value is -1.35. The van der Waals surface area contributed by atoms with E-state index in [0.29, 0.717) is 12.1 Å². The van der Waals surface area contributed by atoms with Crippen LogP contribution in [0.1, 0.15) is 33.3 Å². The number of nitrogens with two attached hydrogens (primary N) is 1. The van der Waals surface area contributed by atoms with Crippen LogP contribution in [0.15, 0.2) is 29.2 Å². The SMILES string of the molecule is CC(C)CN(C(C)C)S(=O)(=O)c1ccccc1C#CCN. The van der Waals surface area contributed by atoms with E-state index in [0.717, 1.165) is 0 Å². The maximum Gasteiger partial charge on any atom is 0.244 e. The third kappa shape index (κ3) is 4.57. The van der Waals surface area contributed by atoms with Gasteiger partial charge >= 0.3 is 0 Å². The normalized spacial score (nSPS) is 11.8. The molecule has 0 aliphatic rings. The molecule has 4 nitrogen and oxygen atoms in total. The van der Waals surface area contributed by atoms with Crippen molar-refractivity contribution in [3.05, 3.63) is 29.8 Å². The summed E-state index contributed by atoms with van der Waals surface area (Å²) in [5.74, 6) is 5.82. The van der Waals surface area contributed by atoms with Gasteiger partial charge in [-0.15, -0.1) is 0 Å². The quantitative estimate of drug-likeness (QED) is 0.847. The highest BCUT2D eigenvalue weighted by atomic mass is 32.2. The lowest BCUT2D eigenvalue weighted by molar-refractivity contribution is 0.319. The van der Waals surface area contributed by atoms with Crippen molar-refractivity contribution in [1.82, 2.24) is 4.31 Å². The molecule has 0 radical (unpaired) electrons. The summed E-state index contributed by atoms with van der Waals surface area (Å²) in [7, 11) is -3.57. The van der Waals surface area contributed by atoms with Gasteiger partial charge in [0.05, 0.1) is 11.4 Å². The van der Waals surface area contributed by atoms with Crippen molar-refractivity contribution in [2.45, 2.75) is 38.6 Å². The number of sulfonamides is 1. The number of hydrogen-bond donors (Lipinski definition) is 1. The van der Waals surface area contributed by atoms with Gasteiger partial charge in [0.15, 0.2) is 0 Å². The number of hydrogen-bond acceptors (Lipinski definition) is 3. The summed E-state index contributed by atoms with van der Waals surface area (Å²) in [4.78, 5) is 0.250. The average Bonchev–Trinajstić information content (AvgIpc) is 2.42. The van der Waals surface area contributed by atoms with Gasteiger partial charge in [0.1, 0.15) is 0 Å². The Morgan fingerprint density at radius 3 is 2.33 bits per heavy atom. The molecule has 2 N–H and O–H groups in total. The standard InChI is InChI=1S/C16H24N2O2S/c1-13(2)12-18(14(3)4)21(19,20)16-10-6-5-8-15(16)9-7-11-17/h5-6,8,10,13-14H,11-12,17H2,1-4H3. The van der Waals surface area contributed by atoms with Gasteiger partial charge < -0.3 is 5.73 Å². The first-order valence-corrected chi connectivity index (χ1v) is 8.54. The second-order valence-electron chi connectivity index (χ2n) is 5.56. The van der Waals surface area contributed by atoms with Gasteiger partial charge in [0, 0.05) is 18.2 Å². The third-order valence-corrected chi connectivity index (χ3v) is 5.02. The van der Waals surface area contributed by atoms with E-state index in [4.69, 9.17) is 5.73 Å². The molecule has 116 valence electrons. The number of benzene rings is 1. The zero-order valence-electron chi connectivity index (χ0n) is 13.1. The summed E-state index contributed by atoms with van der Waals surface area (Å²) in [5.41, 5.74) is 5.87. The molecular weight excluding hydrogens is 284 g/mol. The first kappa shape index (κ1) is 17.7. The minimum atomic E-state index is -3.57. The molecule has 21 heavy (non-hydrogen) atoms. The molecule has 0 aliphatic carbocycles. The van der Waals surface area contributed by atoms with Crippen LogP contribution in [0.3, 0.4) is 0 Å². The van der Waals surface area contributed by atoms with Crippen molar-refractivity contribution in [2.75, 3.05) is 13.1 Å². The van der Waals surface area contributed by atoms with Crippen LogP contribution in [0.5, 0.6) is 0 Å². The van der Waals surface area contributed by atoms with Crippen LogP contribution < -0.4 is 5.73 Å². The van der Waals surface area contributed by atoms with Crippen molar-refractivity contribution in [1.29, 1.82) is 0 Å². The van der Waals surface area contributed by atoms with E-state index in [2.05, 4.69) is 11.8 Å². The molecule has 1 aromatic carbocycles. The van der Waals surface area contributed by atoms with Gasteiger partial charge in [-0.25, -0.2) is 8.42 Å². The highest BCUT2D eigenvalue weighted by Gasteiger charge is 2.29. The molecule has 0 aliphatic heterocycles. The van der Waals surface area contributed by atoms with Crippen molar-refractivity contribution < 1.29 is 8.42 Å². The lowest BCUT2D eigenvalue weighted by atomic mass is 10.2. The Balaban J connectivity index is 3.35. The fourth-order valence-electron chi connectivity index (χ4n) is 2.01. The molecule has 0 unspecified atom stereocenters. The molecule has 0 amide bonds. The summed E-state index contributed by atoms with van der Waals surface area (Å²) < 4.78 is 27.4. The second kappa shape index (κ2) is 7.60. The molecule has 0 saturated carbocycles. The number of nitrogens with zero attached hydrogens (tertiary/aromatic N) is 1. The predicted molar refractivity (Wildman–Crippen MR) is 86.2 cm³/mol. The Bertz CT molecular complexity index is 625. The predicted octanol–water partition coefficient (Wildman–Crippen LogP) is 2.05. The van der Waals surface area contributed by atoms with E-state index in [-0.39, 0.29) is 23.4 Å². The zero-order valence-corrected chi connectivity index (χ0v) is 13.9. The van der Waals surface area contributed by atoms with Crippen LogP contribution >= 0.6 is 0 Å². The Morgan fingerprint density at radius 1 is 1.19 bits per heavy atom. The highest BCUT2D eigenvalue weighted by molar-refractivity contribution is 7.89. The third-order valence-electron chi connectivity index (χ3n) is 2.92. The van der Waals surface area contributed by atoms with E-state index in [1.165, 1.54) is 4.31 Å². The van der Waals surface area contributed by atoms with Gasteiger partial charge in [0.25, 0.3) is 0 Å². The summed E-state index contributed by atoms with van der Waals surface area (Å²) in [6, 6.07) is 6.71. The molecular formula is C16H24N2O2S. The van der Waals surface area contributed by atoms with Gasteiger partial charge in [-0.3, -0.25) is 0 Å². The van der Waals surface area contributed by atoms with Gasteiger partial charge in [-0.2, -0.15) is 4.31 Å². The Morgan fingerprint density at radius 2 is 1.81 bits per heavy atom. The summed E-state index contributed by atoms with van der Waals surface area (Å²) in [6.45, 7) is 8.46. The Kier molecular flexibility index (Phi) is 6.41. The van der Waals surface area contributed by atoms with Gasteiger partial charge in [-0.1, -0.05) is 37.8 Å². The molecule has 0 saturated heterocycles. The van der Waals surface area contributed by atoms with Crippen LogP contribution in [0, 0.1) is 17.8 Å². The van der Waals surface area contributed by atoms with Crippen LogP contribution in [0.2, 0.25) is 0 Å². The van der Waals surface area contributed by atoms with E-state index in [1.807, 2.05) is 27.7 Å². The smallest absolute Gasteiger partial charge is 0.244 e. The molecule has 0 bridgehead atoms. The molecule has 0 aromatic heterocycles. The number of rotatable bonds is 5. The van der Waals surface area contributed by atoms with Gasteiger partial charge in [-0.05, 0) is 31.9 Å². The zero-order chi connectivity index (χ0) is 16.0. The van der Waals surface area contributed by atoms with E-state index < -0.39 is 10.0 Å². The molecule has 0 spiro atoms. The first-order valence-electron chi connectivity index (χ1n) is 7.10. The molecule has 5 heteroatoms. The minimum absolute atomic E-state index is 0.104. The highest BCUT2D eigenvalue weighted by Crippen LogP contribution is 2.22. The topological polar surface area (TPSA) is 63.4 Å². The maximum absolute atomic E-state index is 12.9. The molecule has 0 fully saturated rings. The molecule has 1 aromatic rings. The first-order chi connectivity index (χ1) is 9.80. The molecule has 1 rings (SSSR count). The largest absolute Gasteiger partial charge is 0.320 e. The van der Waals surface area contributed by atoms with Crippen molar-refractivity contribution >= 4 is 10.0 Å². The maximum atomic E-state index is 12.9. The summed E-state index contributed by atoms with van der Waals surface area (Å²) >= 11 is 0. The fraction of sp³-hybridized carbons (Fsp3) is 0.500.